The van der Waals surface area contributed by atoms with Crippen LogP contribution in [0.4, 0.5) is 0 Å². The van der Waals surface area contributed by atoms with Gasteiger partial charge in [-0.1, -0.05) is 91.2 Å². The van der Waals surface area contributed by atoms with Gasteiger partial charge in [-0.3, -0.25) is 13.8 Å². The Balaban J connectivity index is 1.11. The molecular weight excluding hydrogens is 617 g/mol. The van der Waals surface area contributed by atoms with Crippen molar-refractivity contribution in [3.63, 3.8) is 0 Å². The van der Waals surface area contributed by atoms with Gasteiger partial charge in [-0.2, -0.15) is 0 Å². The molecular formula is C41H74NO5P. The summed E-state index contributed by atoms with van der Waals surface area (Å²) in [5.74, 6) is 6.61. The molecule has 278 valence electrons. The molecule has 3 saturated carbocycles. The molecule has 3 fully saturated rings. The van der Waals surface area contributed by atoms with Gasteiger partial charge in [-0.25, -0.2) is 4.57 Å². The molecule has 0 saturated heterocycles. The highest BCUT2D eigenvalue weighted by Gasteiger charge is 2.59. The number of likely N-dealkylation sites (N-methyl/N-ethyl adjacent to an activating group) is 1. The number of allylic oxidation sites excluding steroid dienone is 2. The van der Waals surface area contributed by atoms with Gasteiger partial charge in [0.05, 0.1) is 13.2 Å². The Hall–Kier alpha value is -0.520. The molecule has 0 aromatic rings. The minimum atomic E-state index is -3.96. The smallest absolute Gasteiger partial charge is 0.317 e. The third-order valence-corrected chi connectivity index (χ3v) is 15.0. The molecule has 0 bridgehead atoms. The maximum Gasteiger partial charge on any atom is 0.472 e. The molecule has 0 spiro atoms. The van der Waals surface area contributed by atoms with Gasteiger partial charge >= 0.3 is 7.82 Å². The van der Waals surface area contributed by atoms with Crippen LogP contribution >= 0.6 is 7.82 Å². The first-order chi connectivity index (χ1) is 22.9. The molecule has 4 rings (SSSR count). The minimum Gasteiger partial charge on any atom is -0.317 e. The molecule has 0 radical (unpaired) electrons. The third kappa shape index (κ3) is 10.8. The van der Waals surface area contributed by atoms with Crippen molar-refractivity contribution in [3.05, 3.63) is 11.6 Å². The number of nitrogens with one attached hydrogen (secondary N) is 1. The number of phosphoric ester groups is 1. The fourth-order valence-electron chi connectivity index (χ4n) is 11.1. The van der Waals surface area contributed by atoms with Gasteiger partial charge in [-0.05, 0) is 130 Å². The predicted molar refractivity (Wildman–Crippen MR) is 199 cm³/mol. The van der Waals surface area contributed by atoms with Crippen molar-refractivity contribution >= 4 is 13.6 Å². The monoisotopic (exact) mass is 692 g/mol. The van der Waals surface area contributed by atoms with E-state index in [1.54, 1.807) is 7.05 Å². The largest absolute Gasteiger partial charge is 0.472 e. The molecule has 48 heavy (non-hydrogen) atoms. The predicted octanol–water partition coefficient (Wildman–Crippen LogP) is 11.1. The number of fused-ring (bicyclic) bond motifs is 5. The van der Waals surface area contributed by atoms with Gasteiger partial charge in [0.2, 0.25) is 0 Å². The van der Waals surface area contributed by atoms with Crippen molar-refractivity contribution in [1.82, 2.24) is 5.32 Å². The topological polar surface area (TPSA) is 84.9 Å². The van der Waals surface area contributed by atoms with Crippen molar-refractivity contribution in [2.75, 3.05) is 26.8 Å². The highest BCUT2D eigenvalue weighted by Crippen LogP contribution is 2.67. The number of hydrogen-bond acceptors (Lipinski definition) is 5. The van der Waals surface area contributed by atoms with Crippen LogP contribution < -0.4 is 5.32 Å². The van der Waals surface area contributed by atoms with Gasteiger partial charge in [0, 0.05) is 19.4 Å². The van der Waals surface area contributed by atoms with Crippen LogP contribution in [-0.4, -0.2) is 37.5 Å². The van der Waals surface area contributed by atoms with Crippen LogP contribution in [0.1, 0.15) is 163 Å². The minimum absolute atomic E-state index is 0.136. The summed E-state index contributed by atoms with van der Waals surface area (Å²) in [5, 5.41) is 2.86. The maximum absolute atomic E-state index is 12.4. The summed E-state index contributed by atoms with van der Waals surface area (Å²) in [4.78, 5) is 22.0. The van der Waals surface area contributed by atoms with Crippen LogP contribution in [0, 0.1) is 52.3 Å². The SMILES string of the molecule is CNCCOP(=O)(O)OCCCCCC(=O)CCCCC[C@H]1CCC2(C)C(=CC[C@@H]3C2CCC2(C)C3CCC2[C@H](C)CCCC(C)C)C1. The van der Waals surface area contributed by atoms with E-state index in [4.69, 9.17) is 9.05 Å². The molecule has 0 amide bonds. The van der Waals surface area contributed by atoms with Gasteiger partial charge in [0.25, 0.3) is 0 Å². The Kier molecular flexibility index (Phi) is 15.8. The second-order valence-corrected chi connectivity index (χ2v) is 19.0. The number of Topliss-reactive ketones (excluding diaryl/α,β-unsaturated/α-hetero) is 1. The van der Waals surface area contributed by atoms with Gasteiger partial charge in [0.1, 0.15) is 5.78 Å². The van der Waals surface area contributed by atoms with Gasteiger partial charge in [0.15, 0.2) is 0 Å². The van der Waals surface area contributed by atoms with E-state index in [1.807, 2.05) is 5.57 Å². The Morgan fingerprint density at radius 2 is 1.65 bits per heavy atom. The summed E-state index contributed by atoms with van der Waals surface area (Å²) in [7, 11) is -2.21. The quantitative estimate of drug-likeness (QED) is 0.0668. The first kappa shape index (κ1) is 40.3. The summed E-state index contributed by atoms with van der Waals surface area (Å²) in [5.41, 5.74) is 2.84. The van der Waals surface area contributed by atoms with Crippen LogP contribution in [-0.2, 0) is 18.4 Å². The third-order valence-electron chi connectivity index (χ3n) is 13.9. The highest BCUT2D eigenvalue weighted by molar-refractivity contribution is 7.47. The fraction of sp³-hybridized carbons (Fsp3) is 0.927. The Morgan fingerprint density at radius 1 is 0.917 bits per heavy atom. The van der Waals surface area contributed by atoms with Crippen molar-refractivity contribution in [2.24, 2.45) is 52.3 Å². The van der Waals surface area contributed by atoms with Crippen LogP contribution in [0.5, 0.6) is 0 Å². The average Bonchev–Trinajstić information content (AvgIpc) is 3.39. The lowest BCUT2D eigenvalue weighted by Crippen LogP contribution is -2.50. The van der Waals surface area contributed by atoms with Crippen molar-refractivity contribution < 1.29 is 23.3 Å². The molecule has 2 N–H and O–H groups in total. The maximum atomic E-state index is 12.4. The standard InChI is InChI=1S/C41H74NO5P/c1-31(2)14-13-15-32(3)37-21-22-38-36-20-19-34-30-33(23-25-40(34,4)39(36)24-26-41(37,38)5)16-9-7-10-17-35(43)18-11-8-12-28-46-48(44,45)47-29-27-42-6/h19,31-33,36-39,42H,7-18,20-30H2,1-6H3,(H,44,45)/t32-,33+,36+,37?,38?,39?,40?,41?/m1/s1. The molecule has 0 aliphatic heterocycles. The number of ketones is 1. The number of phosphoric acid groups is 1. The zero-order valence-electron chi connectivity index (χ0n) is 31.9. The highest BCUT2D eigenvalue weighted by atomic mass is 31.2. The number of hydrogen-bond donors (Lipinski definition) is 2. The molecule has 0 aromatic carbocycles. The van der Waals surface area contributed by atoms with Crippen LogP contribution in [0.2, 0.25) is 0 Å². The number of rotatable bonds is 22. The molecule has 9 atom stereocenters. The molecule has 6 nitrogen and oxygen atoms in total. The lowest BCUT2D eigenvalue weighted by atomic mass is 9.46. The molecule has 7 heteroatoms. The van der Waals surface area contributed by atoms with E-state index >= 15 is 0 Å². The zero-order valence-corrected chi connectivity index (χ0v) is 32.8. The summed E-state index contributed by atoms with van der Waals surface area (Å²) >= 11 is 0. The van der Waals surface area contributed by atoms with E-state index in [1.165, 1.54) is 83.5 Å². The normalized spacial score (nSPS) is 33.4. The van der Waals surface area contributed by atoms with Crippen molar-refractivity contribution in [2.45, 2.75) is 163 Å². The van der Waals surface area contributed by atoms with Crippen LogP contribution in [0.3, 0.4) is 0 Å². The van der Waals surface area contributed by atoms with Gasteiger partial charge < -0.3 is 10.2 Å². The second-order valence-electron chi connectivity index (χ2n) is 17.6. The summed E-state index contributed by atoms with van der Waals surface area (Å²) < 4.78 is 21.6. The number of unbranched alkanes of at least 4 members (excludes halogenated alkanes) is 4. The number of carbonyl (C=O) groups is 1. The average molecular weight is 692 g/mol. The summed E-state index contributed by atoms with van der Waals surface area (Å²) in [6.45, 7) is 13.5. The Labute approximate surface area is 295 Å². The lowest BCUT2D eigenvalue weighted by Gasteiger charge is -2.58. The van der Waals surface area contributed by atoms with E-state index in [9.17, 15) is 14.3 Å². The first-order valence-electron chi connectivity index (χ1n) is 20.4. The van der Waals surface area contributed by atoms with Crippen molar-refractivity contribution in [3.8, 4) is 0 Å². The first-order valence-corrected chi connectivity index (χ1v) is 21.9. The molecule has 0 aromatic heterocycles. The second kappa shape index (κ2) is 18.8. The molecule has 0 heterocycles. The molecule has 4 aliphatic carbocycles. The van der Waals surface area contributed by atoms with Gasteiger partial charge in [-0.15, -0.1) is 0 Å². The van der Waals surface area contributed by atoms with E-state index in [0.29, 0.717) is 42.4 Å². The van der Waals surface area contributed by atoms with E-state index < -0.39 is 7.82 Å². The van der Waals surface area contributed by atoms with E-state index in [0.717, 1.165) is 67.1 Å². The molecule has 4 aliphatic rings. The van der Waals surface area contributed by atoms with Crippen LogP contribution in [0.25, 0.3) is 0 Å². The fourth-order valence-corrected chi connectivity index (χ4v) is 11.9. The zero-order chi connectivity index (χ0) is 34.8. The summed E-state index contributed by atoms with van der Waals surface area (Å²) in [6, 6.07) is 0. The van der Waals surface area contributed by atoms with Crippen molar-refractivity contribution in [1.29, 1.82) is 0 Å². The lowest BCUT2D eigenvalue weighted by molar-refractivity contribution is -0.119. The van der Waals surface area contributed by atoms with Crippen LogP contribution in [0.15, 0.2) is 11.6 Å². The van der Waals surface area contributed by atoms with E-state index in [-0.39, 0.29) is 13.2 Å². The summed E-state index contributed by atoms with van der Waals surface area (Å²) in [6.07, 6.45) is 26.7. The Morgan fingerprint density at radius 3 is 2.38 bits per heavy atom. The molecule has 6 unspecified atom stereocenters. The van der Waals surface area contributed by atoms with E-state index in [2.05, 4.69) is 46.0 Å². The number of carbonyl (C=O) groups excluding carboxylic acids is 1. The Bertz CT molecular complexity index is 1080.